The van der Waals surface area contributed by atoms with Gasteiger partial charge in [-0.25, -0.2) is 0 Å². The van der Waals surface area contributed by atoms with Crippen molar-refractivity contribution >= 4 is 20.3 Å². The summed E-state index contributed by atoms with van der Waals surface area (Å²) in [5.74, 6) is -1.12. The van der Waals surface area contributed by atoms with E-state index >= 15 is 0 Å². The standard InChI is InChI=1S/C25H38O8Si/c1-15(26)29-18-12-10-17(11-13-18)20-22(30-16(2)27)23(33-34(8,9)24(3,4)5)21(31-20)19-14-28-25(6,7)32-19/h10-13,19-23H,14H2,1-9H3/t19-,20+,21-,22+,23+/m1/s1. The molecule has 5 atom stereocenters. The molecule has 2 saturated heterocycles. The van der Waals surface area contributed by atoms with Gasteiger partial charge in [0.25, 0.3) is 0 Å². The van der Waals surface area contributed by atoms with Gasteiger partial charge in [0, 0.05) is 13.8 Å². The molecule has 0 radical (unpaired) electrons. The fourth-order valence-electron chi connectivity index (χ4n) is 3.99. The molecule has 0 unspecified atom stereocenters. The minimum Gasteiger partial charge on any atom is -0.457 e. The third kappa shape index (κ3) is 6.06. The van der Waals surface area contributed by atoms with Crippen LogP contribution >= 0.6 is 0 Å². The summed E-state index contributed by atoms with van der Waals surface area (Å²) >= 11 is 0. The van der Waals surface area contributed by atoms with Crippen molar-refractivity contribution in [2.75, 3.05) is 6.61 Å². The molecule has 190 valence electrons. The van der Waals surface area contributed by atoms with Crippen LogP contribution in [0.15, 0.2) is 24.3 Å². The van der Waals surface area contributed by atoms with E-state index in [0.29, 0.717) is 12.4 Å². The molecule has 1 aromatic carbocycles. The Bertz CT molecular complexity index is 889. The maximum Gasteiger partial charge on any atom is 0.308 e. The second-order valence-corrected chi connectivity index (χ2v) is 15.7. The van der Waals surface area contributed by atoms with Crippen molar-refractivity contribution in [3.8, 4) is 5.75 Å². The zero-order chi connectivity index (χ0) is 25.5. The third-order valence-corrected chi connectivity index (χ3v) is 11.1. The molecule has 1 aromatic rings. The predicted molar refractivity (Wildman–Crippen MR) is 128 cm³/mol. The molecule has 0 saturated carbocycles. The molecule has 0 spiro atoms. The van der Waals surface area contributed by atoms with E-state index in [0.717, 1.165) is 5.56 Å². The van der Waals surface area contributed by atoms with Gasteiger partial charge in [-0.3, -0.25) is 9.59 Å². The van der Waals surface area contributed by atoms with Crippen LogP contribution in [0.2, 0.25) is 18.1 Å². The first-order chi connectivity index (χ1) is 15.6. The van der Waals surface area contributed by atoms with Crippen molar-refractivity contribution < 1.29 is 37.7 Å². The summed E-state index contributed by atoms with van der Waals surface area (Å²) in [5.41, 5.74) is 0.784. The number of carbonyl (C=O) groups excluding carboxylic acids is 2. The third-order valence-electron chi connectivity index (χ3n) is 6.66. The van der Waals surface area contributed by atoms with Crippen LogP contribution in [0, 0.1) is 0 Å². The van der Waals surface area contributed by atoms with E-state index in [-0.39, 0.29) is 11.1 Å². The summed E-state index contributed by atoms with van der Waals surface area (Å²) in [4.78, 5) is 23.4. The second-order valence-electron chi connectivity index (χ2n) is 11.0. The largest absolute Gasteiger partial charge is 0.457 e. The molecule has 0 amide bonds. The first-order valence-corrected chi connectivity index (χ1v) is 14.6. The number of hydrogen-bond acceptors (Lipinski definition) is 8. The number of ether oxygens (including phenoxy) is 5. The number of esters is 2. The van der Waals surface area contributed by atoms with Crippen molar-refractivity contribution in [2.24, 2.45) is 0 Å². The molecule has 8 nitrogen and oxygen atoms in total. The topological polar surface area (TPSA) is 89.5 Å². The van der Waals surface area contributed by atoms with E-state index in [1.807, 2.05) is 13.8 Å². The maximum atomic E-state index is 12.2. The van der Waals surface area contributed by atoms with E-state index < -0.39 is 50.5 Å². The molecule has 0 N–H and O–H groups in total. The quantitative estimate of drug-likeness (QED) is 0.324. The van der Waals surface area contributed by atoms with Crippen molar-refractivity contribution in [3.05, 3.63) is 29.8 Å². The normalized spacial score (nSPS) is 29.1. The van der Waals surface area contributed by atoms with Gasteiger partial charge in [-0.2, -0.15) is 0 Å². The fourth-order valence-corrected chi connectivity index (χ4v) is 5.29. The Morgan fingerprint density at radius 3 is 2.12 bits per heavy atom. The van der Waals surface area contributed by atoms with Gasteiger partial charge < -0.3 is 28.1 Å². The maximum absolute atomic E-state index is 12.2. The highest BCUT2D eigenvalue weighted by Crippen LogP contribution is 2.46. The van der Waals surface area contributed by atoms with Crippen LogP contribution in [0.1, 0.15) is 60.1 Å². The highest BCUT2D eigenvalue weighted by Gasteiger charge is 2.56. The monoisotopic (exact) mass is 494 g/mol. The van der Waals surface area contributed by atoms with Crippen LogP contribution in [0.5, 0.6) is 5.75 Å². The Morgan fingerprint density at radius 2 is 1.65 bits per heavy atom. The highest BCUT2D eigenvalue weighted by atomic mass is 28.4. The van der Waals surface area contributed by atoms with Crippen LogP contribution in [0.4, 0.5) is 0 Å². The fraction of sp³-hybridized carbons (Fsp3) is 0.680. The Balaban J connectivity index is 1.98. The summed E-state index contributed by atoms with van der Waals surface area (Å²) in [7, 11) is -2.27. The molecule has 2 heterocycles. The van der Waals surface area contributed by atoms with Crippen LogP contribution in [-0.2, 0) is 33.0 Å². The van der Waals surface area contributed by atoms with Gasteiger partial charge in [-0.05, 0) is 49.7 Å². The van der Waals surface area contributed by atoms with E-state index in [4.69, 9.17) is 28.1 Å². The van der Waals surface area contributed by atoms with Crippen LogP contribution in [0.25, 0.3) is 0 Å². The lowest BCUT2D eigenvalue weighted by molar-refractivity contribution is -0.161. The molecule has 9 heteroatoms. The minimum atomic E-state index is -2.27. The van der Waals surface area contributed by atoms with E-state index in [1.165, 1.54) is 13.8 Å². The van der Waals surface area contributed by atoms with Crippen molar-refractivity contribution in [2.45, 2.75) is 103 Å². The average Bonchev–Trinajstić information content (AvgIpc) is 3.20. The van der Waals surface area contributed by atoms with Crippen molar-refractivity contribution in [1.29, 1.82) is 0 Å². The average molecular weight is 495 g/mol. The van der Waals surface area contributed by atoms with Gasteiger partial charge in [-0.15, -0.1) is 0 Å². The lowest BCUT2D eigenvalue weighted by atomic mass is 9.99. The van der Waals surface area contributed by atoms with Crippen molar-refractivity contribution in [3.63, 3.8) is 0 Å². The Labute approximate surface area is 203 Å². The first-order valence-electron chi connectivity index (χ1n) is 11.7. The molecule has 2 aliphatic rings. The van der Waals surface area contributed by atoms with Gasteiger partial charge in [0.05, 0.1) is 6.61 Å². The van der Waals surface area contributed by atoms with Gasteiger partial charge in [0.15, 0.2) is 20.2 Å². The Kier molecular flexibility index (Phi) is 7.65. The molecule has 0 aromatic heterocycles. The SMILES string of the molecule is CC(=O)Oc1ccc([C@@H]2O[C@H]([C@H]3COC(C)(C)O3)[C@H](O[Si](C)(C)C(C)(C)C)[C@H]2OC(C)=O)cc1. The molecule has 2 fully saturated rings. The first kappa shape index (κ1) is 26.8. The molecule has 34 heavy (non-hydrogen) atoms. The second kappa shape index (κ2) is 9.70. The lowest BCUT2D eigenvalue weighted by Crippen LogP contribution is -2.52. The molecule has 3 rings (SSSR count). The van der Waals surface area contributed by atoms with Gasteiger partial charge in [0.2, 0.25) is 0 Å². The van der Waals surface area contributed by atoms with Crippen LogP contribution in [0.3, 0.4) is 0 Å². The minimum absolute atomic E-state index is 0.0611. The number of carbonyl (C=O) groups is 2. The molecular formula is C25H38O8Si. The van der Waals surface area contributed by atoms with Gasteiger partial charge in [0.1, 0.15) is 30.2 Å². The summed E-state index contributed by atoms with van der Waals surface area (Å²) in [6, 6.07) is 7.00. The van der Waals surface area contributed by atoms with Crippen LogP contribution in [-0.4, -0.2) is 57.1 Å². The Hall–Kier alpha value is -1.78. The van der Waals surface area contributed by atoms with E-state index in [9.17, 15) is 9.59 Å². The molecular weight excluding hydrogens is 456 g/mol. The highest BCUT2D eigenvalue weighted by molar-refractivity contribution is 6.74. The van der Waals surface area contributed by atoms with Gasteiger partial charge in [-0.1, -0.05) is 32.9 Å². The summed E-state index contributed by atoms with van der Waals surface area (Å²) in [5, 5.41) is -0.0611. The zero-order valence-electron chi connectivity index (χ0n) is 21.7. The zero-order valence-corrected chi connectivity index (χ0v) is 22.7. The van der Waals surface area contributed by atoms with E-state index in [2.05, 4.69) is 33.9 Å². The molecule has 2 aliphatic heterocycles. The number of rotatable bonds is 6. The smallest absolute Gasteiger partial charge is 0.308 e. The Morgan fingerprint density at radius 1 is 1.03 bits per heavy atom. The summed E-state index contributed by atoms with van der Waals surface area (Å²) in [6.07, 6.45) is -2.68. The van der Waals surface area contributed by atoms with Crippen LogP contribution < -0.4 is 4.74 Å². The van der Waals surface area contributed by atoms with Gasteiger partial charge >= 0.3 is 11.9 Å². The molecule has 0 aliphatic carbocycles. The number of hydrogen-bond donors (Lipinski definition) is 0. The summed E-state index contributed by atoms with van der Waals surface area (Å²) in [6.45, 7) is 17.6. The predicted octanol–water partition coefficient (Wildman–Crippen LogP) is 4.53. The van der Waals surface area contributed by atoms with E-state index in [1.54, 1.807) is 24.3 Å². The van der Waals surface area contributed by atoms with Crippen molar-refractivity contribution in [1.82, 2.24) is 0 Å². The number of benzene rings is 1. The lowest BCUT2D eigenvalue weighted by Gasteiger charge is -2.41. The molecule has 0 bridgehead atoms. The summed E-state index contributed by atoms with van der Waals surface area (Å²) < 4.78 is 36.3.